The normalized spacial score (nSPS) is 10.8. The van der Waals surface area contributed by atoms with Crippen molar-refractivity contribution in [2.75, 3.05) is 0 Å². The molecule has 0 aliphatic carbocycles. The Hall–Kier alpha value is -0.760. The van der Waals surface area contributed by atoms with Crippen molar-refractivity contribution >= 4 is 26.8 Å². The molecule has 0 aliphatic heterocycles. The van der Waals surface area contributed by atoms with Gasteiger partial charge in [0.1, 0.15) is 0 Å². The van der Waals surface area contributed by atoms with Crippen LogP contribution < -0.4 is 0 Å². The van der Waals surface area contributed by atoms with E-state index in [0.29, 0.717) is 0 Å². The maximum atomic E-state index is 3.54. The van der Waals surface area contributed by atoms with Crippen LogP contribution in [0, 0.1) is 0 Å². The highest BCUT2D eigenvalue weighted by atomic mass is 79.9. The van der Waals surface area contributed by atoms with E-state index in [1.807, 2.05) is 6.20 Å². The van der Waals surface area contributed by atoms with Crippen LogP contribution in [0.2, 0.25) is 0 Å². The minimum Gasteiger partial charge on any atom is -0.360 e. The predicted octanol–water partition coefficient (Wildman–Crippen LogP) is 3.49. The van der Waals surface area contributed by atoms with Crippen LogP contribution in [0.5, 0.6) is 0 Å². The average Bonchev–Trinajstić information content (AvgIpc) is 2.52. The number of H-pyrrole nitrogens is 1. The fourth-order valence-electron chi connectivity index (χ4n) is 1.39. The Kier molecular flexibility index (Phi) is 1.93. The van der Waals surface area contributed by atoms with Crippen molar-refractivity contribution in [2.45, 2.75) is 13.3 Å². The van der Waals surface area contributed by atoms with Gasteiger partial charge in [0.2, 0.25) is 0 Å². The summed E-state index contributed by atoms with van der Waals surface area (Å²) in [7, 11) is 0. The molecule has 0 bridgehead atoms. The molecule has 0 spiro atoms. The SMILES string of the molecule is CCc1cc(Br)c2[nH]ccc2c1. The minimum absolute atomic E-state index is 1.08. The summed E-state index contributed by atoms with van der Waals surface area (Å²) in [5.74, 6) is 0. The van der Waals surface area contributed by atoms with Crippen molar-refractivity contribution in [3.8, 4) is 0 Å². The fraction of sp³-hybridized carbons (Fsp3) is 0.200. The number of aryl methyl sites for hydroxylation is 1. The molecule has 0 radical (unpaired) electrons. The maximum Gasteiger partial charge on any atom is 0.0598 e. The van der Waals surface area contributed by atoms with E-state index in [0.717, 1.165) is 10.9 Å². The number of aromatic amines is 1. The van der Waals surface area contributed by atoms with Gasteiger partial charge in [0.05, 0.1) is 5.52 Å². The molecule has 0 unspecified atom stereocenters. The zero-order valence-corrected chi connectivity index (χ0v) is 8.48. The molecule has 1 aromatic carbocycles. The molecule has 1 nitrogen and oxygen atoms in total. The van der Waals surface area contributed by atoms with Crippen LogP contribution in [-0.2, 0) is 6.42 Å². The van der Waals surface area contributed by atoms with E-state index in [1.54, 1.807) is 0 Å². The lowest BCUT2D eigenvalue weighted by Crippen LogP contribution is -1.80. The Balaban J connectivity index is 2.75. The first kappa shape index (κ1) is 7.87. The summed E-state index contributed by atoms with van der Waals surface area (Å²) >= 11 is 3.54. The van der Waals surface area contributed by atoms with Gasteiger partial charge in [-0.25, -0.2) is 0 Å². The van der Waals surface area contributed by atoms with Crippen molar-refractivity contribution in [1.82, 2.24) is 4.98 Å². The van der Waals surface area contributed by atoms with E-state index in [9.17, 15) is 0 Å². The van der Waals surface area contributed by atoms with Crippen LogP contribution in [0.4, 0.5) is 0 Å². The lowest BCUT2D eigenvalue weighted by atomic mass is 10.1. The van der Waals surface area contributed by atoms with Crippen LogP contribution in [0.1, 0.15) is 12.5 Å². The van der Waals surface area contributed by atoms with Gasteiger partial charge in [0.25, 0.3) is 0 Å². The van der Waals surface area contributed by atoms with Crippen molar-refractivity contribution in [1.29, 1.82) is 0 Å². The Morgan fingerprint density at radius 2 is 2.25 bits per heavy atom. The van der Waals surface area contributed by atoms with Gasteiger partial charge >= 0.3 is 0 Å². The Labute approximate surface area is 79.9 Å². The summed E-state index contributed by atoms with van der Waals surface area (Å²) in [6.07, 6.45) is 3.05. The molecule has 0 saturated carbocycles. The standard InChI is InChI=1S/C10H10BrN/c1-2-7-5-8-3-4-12-10(8)9(11)6-7/h3-6,12H,2H2,1H3. The van der Waals surface area contributed by atoms with E-state index < -0.39 is 0 Å². The Morgan fingerprint density at radius 3 is 3.00 bits per heavy atom. The van der Waals surface area contributed by atoms with Crippen LogP contribution in [0.25, 0.3) is 10.9 Å². The van der Waals surface area contributed by atoms with Crippen LogP contribution >= 0.6 is 15.9 Å². The molecule has 1 N–H and O–H groups in total. The summed E-state index contributed by atoms with van der Waals surface area (Å²) < 4.78 is 1.15. The third-order valence-electron chi connectivity index (χ3n) is 2.08. The van der Waals surface area contributed by atoms with Gasteiger partial charge in [-0.05, 0) is 46.1 Å². The zero-order chi connectivity index (χ0) is 8.55. The van der Waals surface area contributed by atoms with Crippen molar-refractivity contribution in [3.63, 3.8) is 0 Å². The lowest BCUT2D eigenvalue weighted by molar-refractivity contribution is 1.14. The number of halogens is 1. The topological polar surface area (TPSA) is 15.8 Å². The first-order valence-corrected chi connectivity index (χ1v) is 4.86. The second kappa shape index (κ2) is 2.94. The molecule has 0 atom stereocenters. The van der Waals surface area contributed by atoms with Gasteiger partial charge in [-0.15, -0.1) is 0 Å². The molecular formula is C10H10BrN. The Morgan fingerprint density at radius 1 is 1.42 bits per heavy atom. The van der Waals surface area contributed by atoms with E-state index >= 15 is 0 Å². The highest BCUT2D eigenvalue weighted by Gasteiger charge is 2.00. The first-order valence-electron chi connectivity index (χ1n) is 4.07. The van der Waals surface area contributed by atoms with E-state index in [2.05, 4.69) is 46.0 Å². The third-order valence-corrected chi connectivity index (χ3v) is 2.70. The molecule has 12 heavy (non-hydrogen) atoms. The molecule has 1 aromatic heterocycles. The van der Waals surface area contributed by atoms with Gasteiger partial charge in [0.15, 0.2) is 0 Å². The highest BCUT2D eigenvalue weighted by Crippen LogP contribution is 2.24. The summed E-state index contributed by atoms with van der Waals surface area (Å²) in [5, 5.41) is 1.28. The predicted molar refractivity (Wildman–Crippen MR) is 55.4 cm³/mol. The highest BCUT2D eigenvalue weighted by molar-refractivity contribution is 9.10. The molecule has 2 aromatic rings. The molecular weight excluding hydrogens is 214 g/mol. The fourth-order valence-corrected chi connectivity index (χ4v) is 2.03. The van der Waals surface area contributed by atoms with E-state index in [-0.39, 0.29) is 0 Å². The number of benzene rings is 1. The quantitative estimate of drug-likeness (QED) is 0.763. The largest absolute Gasteiger partial charge is 0.360 e. The van der Waals surface area contributed by atoms with Crippen molar-refractivity contribution in [3.05, 3.63) is 34.4 Å². The number of hydrogen-bond acceptors (Lipinski definition) is 0. The van der Waals surface area contributed by atoms with Crippen LogP contribution in [-0.4, -0.2) is 4.98 Å². The molecule has 62 valence electrons. The summed E-state index contributed by atoms with van der Waals surface area (Å²) in [5.41, 5.74) is 2.56. The second-order valence-electron chi connectivity index (χ2n) is 2.87. The number of nitrogens with one attached hydrogen (secondary N) is 1. The summed E-state index contributed by atoms with van der Waals surface area (Å²) in [6.45, 7) is 2.17. The summed E-state index contributed by atoms with van der Waals surface area (Å²) in [6, 6.07) is 6.48. The minimum atomic E-state index is 1.08. The van der Waals surface area contributed by atoms with Crippen LogP contribution in [0.3, 0.4) is 0 Å². The average molecular weight is 224 g/mol. The molecule has 0 saturated heterocycles. The maximum absolute atomic E-state index is 3.54. The van der Waals surface area contributed by atoms with Gasteiger partial charge in [-0.1, -0.05) is 6.92 Å². The lowest BCUT2D eigenvalue weighted by Gasteiger charge is -1.99. The molecule has 2 heteroatoms. The van der Waals surface area contributed by atoms with E-state index in [4.69, 9.17) is 0 Å². The molecule has 1 heterocycles. The second-order valence-corrected chi connectivity index (χ2v) is 3.73. The van der Waals surface area contributed by atoms with E-state index in [1.165, 1.54) is 16.5 Å². The third kappa shape index (κ3) is 1.16. The summed E-state index contributed by atoms with van der Waals surface area (Å²) in [4.78, 5) is 3.19. The number of aromatic nitrogens is 1. The van der Waals surface area contributed by atoms with Gasteiger partial charge in [-0.3, -0.25) is 0 Å². The zero-order valence-electron chi connectivity index (χ0n) is 6.89. The molecule has 0 aliphatic rings. The van der Waals surface area contributed by atoms with Gasteiger partial charge in [0, 0.05) is 16.1 Å². The van der Waals surface area contributed by atoms with Crippen molar-refractivity contribution in [2.24, 2.45) is 0 Å². The van der Waals surface area contributed by atoms with Crippen molar-refractivity contribution < 1.29 is 0 Å². The molecule has 0 amide bonds. The number of rotatable bonds is 1. The Bertz CT molecular complexity index is 403. The number of hydrogen-bond donors (Lipinski definition) is 1. The molecule has 0 fully saturated rings. The van der Waals surface area contributed by atoms with Gasteiger partial charge in [-0.2, -0.15) is 0 Å². The van der Waals surface area contributed by atoms with Gasteiger partial charge < -0.3 is 4.98 Å². The molecule has 2 rings (SSSR count). The smallest absolute Gasteiger partial charge is 0.0598 e. The first-order chi connectivity index (χ1) is 5.81. The monoisotopic (exact) mass is 223 g/mol. The number of fused-ring (bicyclic) bond motifs is 1. The van der Waals surface area contributed by atoms with Crippen LogP contribution in [0.15, 0.2) is 28.9 Å².